The second kappa shape index (κ2) is 7.14. The zero-order chi connectivity index (χ0) is 15.2. The number of piperidine rings is 1. The van der Waals surface area contributed by atoms with Crippen LogP contribution in [0.2, 0.25) is 5.02 Å². The van der Waals surface area contributed by atoms with Crippen LogP contribution in [-0.2, 0) is 4.79 Å². The van der Waals surface area contributed by atoms with Gasteiger partial charge in [0, 0.05) is 18.8 Å². The minimum Gasteiger partial charge on any atom is -0.373 e. The van der Waals surface area contributed by atoms with Crippen LogP contribution in [0.1, 0.15) is 26.2 Å². The highest BCUT2D eigenvalue weighted by molar-refractivity contribution is 6.33. The zero-order valence-corrected chi connectivity index (χ0v) is 12.7. The van der Waals surface area contributed by atoms with E-state index in [1.807, 2.05) is 6.07 Å². The number of rotatable bonds is 3. The summed E-state index contributed by atoms with van der Waals surface area (Å²) in [5.74, 6) is -0.427. The summed E-state index contributed by atoms with van der Waals surface area (Å²) in [5, 5.41) is 12.4. The lowest BCUT2D eigenvalue weighted by molar-refractivity contribution is -0.112. The van der Waals surface area contributed by atoms with Crippen molar-refractivity contribution < 1.29 is 4.79 Å². The smallest absolute Gasteiger partial charge is 0.267 e. The molecule has 0 radical (unpaired) electrons. The standard InChI is InChI=1S/C16H18ClN3O/c1-12-6-4-5-9-20(12)11-13(10-18)16(21)19-15-8-3-2-7-14(15)17/h2-3,7-8,11-12H,4-6,9H2,1H3,(H,19,21)/b13-11-. The van der Waals surface area contributed by atoms with Crippen molar-refractivity contribution in [3.63, 3.8) is 0 Å². The van der Waals surface area contributed by atoms with Crippen molar-refractivity contribution in [2.75, 3.05) is 11.9 Å². The number of benzene rings is 1. The fourth-order valence-corrected chi connectivity index (χ4v) is 2.55. The third-order valence-corrected chi connectivity index (χ3v) is 3.97. The molecule has 110 valence electrons. The average Bonchev–Trinajstić information content (AvgIpc) is 2.48. The molecular formula is C16H18ClN3O. The molecule has 21 heavy (non-hydrogen) atoms. The number of carbonyl (C=O) groups excluding carboxylic acids is 1. The monoisotopic (exact) mass is 303 g/mol. The maximum atomic E-state index is 12.2. The molecule has 5 heteroatoms. The number of hydrogen-bond donors (Lipinski definition) is 1. The first-order valence-corrected chi connectivity index (χ1v) is 7.43. The molecule has 1 N–H and O–H groups in total. The van der Waals surface area contributed by atoms with Crippen LogP contribution < -0.4 is 5.32 Å². The van der Waals surface area contributed by atoms with Crippen LogP contribution in [0.3, 0.4) is 0 Å². The molecule has 1 saturated heterocycles. The van der Waals surface area contributed by atoms with Crippen LogP contribution in [0.5, 0.6) is 0 Å². The van der Waals surface area contributed by atoms with Gasteiger partial charge in [0.2, 0.25) is 0 Å². The maximum Gasteiger partial charge on any atom is 0.267 e. The molecule has 1 unspecified atom stereocenters. The molecule has 1 aliphatic heterocycles. The van der Waals surface area contributed by atoms with Gasteiger partial charge in [-0.1, -0.05) is 23.7 Å². The van der Waals surface area contributed by atoms with E-state index in [1.54, 1.807) is 30.5 Å². The lowest BCUT2D eigenvalue weighted by atomic mass is 10.0. The van der Waals surface area contributed by atoms with E-state index >= 15 is 0 Å². The molecule has 1 aliphatic rings. The van der Waals surface area contributed by atoms with E-state index in [0.29, 0.717) is 16.8 Å². The average molecular weight is 304 g/mol. The SMILES string of the molecule is CC1CCCCN1/C=C(/C#N)C(=O)Nc1ccccc1Cl. The Morgan fingerprint density at radius 2 is 2.24 bits per heavy atom. The van der Waals surface area contributed by atoms with Gasteiger partial charge in [-0.2, -0.15) is 5.26 Å². The summed E-state index contributed by atoms with van der Waals surface area (Å²) in [6.07, 6.45) is 5.03. The topological polar surface area (TPSA) is 56.1 Å². The molecule has 4 nitrogen and oxygen atoms in total. The number of nitriles is 1. The predicted octanol–water partition coefficient (Wildman–Crippen LogP) is 3.56. The molecule has 0 spiro atoms. The quantitative estimate of drug-likeness (QED) is 0.686. The van der Waals surface area contributed by atoms with Gasteiger partial charge in [-0.05, 0) is 38.3 Å². The highest BCUT2D eigenvalue weighted by atomic mass is 35.5. The number of hydrogen-bond acceptors (Lipinski definition) is 3. The number of amides is 1. The number of anilines is 1. The lowest BCUT2D eigenvalue weighted by Crippen LogP contribution is -2.34. The third-order valence-electron chi connectivity index (χ3n) is 3.64. The number of halogens is 1. The second-order valence-electron chi connectivity index (χ2n) is 5.17. The Kier molecular flexibility index (Phi) is 5.24. The van der Waals surface area contributed by atoms with Crippen LogP contribution in [0, 0.1) is 11.3 Å². The van der Waals surface area contributed by atoms with Crippen molar-refractivity contribution in [1.82, 2.24) is 4.90 Å². The number of para-hydroxylation sites is 1. The fourth-order valence-electron chi connectivity index (χ4n) is 2.37. The van der Waals surface area contributed by atoms with E-state index in [9.17, 15) is 10.1 Å². The highest BCUT2D eigenvalue weighted by Crippen LogP contribution is 2.22. The van der Waals surface area contributed by atoms with Crippen LogP contribution in [0.15, 0.2) is 36.0 Å². The summed E-state index contributed by atoms with van der Waals surface area (Å²) in [6.45, 7) is 2.99. The third kappa shape index (κ3) is 3.99. The summed E-state index contributed by atoms with van der Waals surface area (Å²) in [5.41, 5.74) is 0.612. The van der Waals surface area contributed by atoms with Crippen molar-refractivity contribution in [2.45, 2.75) is 32.2 Å². The number of carbonyl (C=O) groups is 1. The lowest BCUT2D eigenvalue weighted by Gasteiger charge is -2.32. The van der Waals surface area contributed by atoms with E-state index in [-0.39, 0.29) is 5.57 Å². The van der Waals surface area contributed by atoms with E-state index in [0.717, 1.165) is 19.4 Å². The van der Waals surface area contributed by atoms with Gasteiger partial charge < -0.3 is 10.2 Å². The first kappa shape index (κ1) is 15.4. The molecule has 0 aliphatic carbocycles. The molecule has 1 aromatic carbocycles. The van der Waals surface area contributed by atoms with E-state index in [2.05, 4.69) is 17.1 Å². The Morgan fingerprint density at radius 3 is 2.90 bits per heavy atom. The minimum atomic E-state index is -0.427. The Morgan fingerprint density at radius 1 is 1.48 bits per heavy atom. The van der Waals surface area contributed by atoms with Gasteiger partial charge in [-0.3, -0.25) is 4.79 Å². The second-order valence-corrected chi connectivity index (χ2v) is 5.58. The molecule has 2 rings (SSSR count). The summed E-state index contributed by atoms with van der Waals surface area (Å²) in [7, 11) is 0. The molecule has 1 fully saturated rings. The first-order valence-electron chi connectivity index (χ1n) is 7.05. The van der Waals surface area contributed by atoms with Crippen LogP contribution >= 0.6 is 11.6 Å². The number of nitrogens with one attached hydrogen (secondary N) is 1. The maximum absolute atomic E-state index is 12.2. The molecular weight excluding hydrogens is 286 g/mol. The predicted molar refractivity (Wildman–Crippen MR) is 83.8 cm³/mol. The van der Waals surface area contributed by atoms with Gasteiger partial charge in [-0.25, -0.2) is 0 Å². The summed E-state index contributed by atoms with van der Waals surface area (Å²) < 4.78 is 0. The summed E-state index contributed by atoms with van der Waals surface area (Å²) in [6, 6.07) is 9.30. The van der Waals surface area contributed by atoms with Crippen molar-refractivity contribution in [3.05, 3.63) is 41.1 Å². The van der Waals surface area contributed by atoms with E-state index in [1.165, 1.54) is 6.42 Å². The Bertz CT molecular complexity index is 591. The van der Waals surface area contributed by atoms with E-state index < -0.39 is 5.91 Å². The van der Waals surface area contributed by atoms with Crippen LogP contribution in [0.4, 0.5) is 5.69 Å². The van der Waals surface area contributed by atoms with Gasteiger partial charge in [0.1, 0.15) is 11.6 Å². The van der Waals surface area contributed by atoms with Crippen molar-refractivity contribution in [2.24, 2.45) is 0 Å². The van der Waals surface area contributed by atoms with Gasteiger partial charge in [-0.15, -0.1) is 0 Å². The molecule has 1 atom stereocenters. The fraction of sp³-hybridized carbons (Fsp3) is 0.375. The zero-order valence-electron chi connectivity index (χ0n) is 12.0. The number of likely N-dealkylation sites (tertiary alicyclic amines) is 1. The molecule has 0 aromatic heterocycles. The van der Waals surface area contributed by atoms with Gasteiger partial charge in [0.25, 0.3) is 5.91 Å². The van der Waals surface area contributed by atoms with Crippen LogP contribution in [-0.4, -0.2) is 23.4 Å². The van der Waals surface area contributed by atoms with Crippen LogP contribution in [0.25, 0.3) is 0 Å². The summed E-state index contributed by atoms with van der Waals surface area (Å²) >= 11 is 6.00. The molecule has 1 heterocycles. The number of nitrogens with zero attached hydrogens (tertiary/aromatic N) is 2. The molecule has 1 aromatic rings. The van der Waals surface area contributed by atoms with Gasteiger partial charge in [0.05, 0.1) is 10.7 Å². The Labute approximate surface area is 130 Å². The van der Waals surface area contributed by atoms with Gasteiger partial charge >= 0.3 is 0 Å². The van der Waals surface area contributed by atoms with E-state index in [4.69, 9.17) is 11.6 Å². The Hall–Kier alpha value is -1.99. The Balaban J connectivity index is 2.12. The molecule has 0 saturated carbocycles. The largest absolute Gasteiger partial charge is 0.373 e. The van der Waals surface area contributed by atoms with Gasteiger partial charge in [0.15, 0.2) is 0 Å². The normalized spacial score (nSPS) is 19.0. The molecule has 1 amide bonds. The molecule has 0 bridgehead atoms. The minimum absolute atomic E-state index is 0.101. The summed E-state index contributed by atoms with van der Waals surface area (Å²) in [4.78, 5) is 14.3. The first-order chi connectivity index (χ1) is 10.1. The van der Waals surface area contributed by atoms with Crippen molar-refractivity contribution in [1.29, 1.82) is 5.26 Å². The van der Waals surface area contributed by atoms with Crippen molar-refractivity contribution in [3.8, 4) is 6.07 Å². The van der Waals surface area contributed by atoms with Crippen molar-refractivity contribution >= 4 is 23.2 Å². The highest BCUT2D eigenvalue weighted by Gasteiger charge is 2.18.